The van der Waals surface area contributed by atoms with Crippen molar-refractivity contribution in [3.8, 4) is 0 Å². The second-order valence-electron chi connectivity index (χ2n) is 6.17. The van der Waals surface area contributed by atoms with Crippen molar-refractivity contribution in [3.05, 3.63) is 35.6 Å². The molecule has 1 aromatic carbocycles. The fourth-order valence-corrected chi connectivity index (χ4v) is 3.68. The molecule has 5 heteroatoms. The van der Waals surface area contributed by atoms with Gasteiger partial charge in [0.2, 0.25) is 0 Å². The monoisotopic (exact) mass is 305 g/mol. The van der Waals surface area contributed by atoms with Crippen LogP contribution in [0, 0.1) is 11.7 Å². The van der Waals surface area contributed by atoms with E-state index in [4.69, 9.17) is 4.74 Å². The van der Waals surface area contributed by atoms with Gasteiger partial charge in [-0.25, -0.2) is 9.18 Å². The summed E-state index contributed by atoms with van der Waals surface area (Å²) in [6, 6.07) is 5.51. The van der Waals surface area contributed by atoms with Crippen LogP contribution in [0.5, 0.6) is 0 Å². The molecular weight excluding hydrogens is 285 g/mol. The molecule has 22 heavy (non-hydrogen) atoms. The molecule has 3 rings (SSSR count). The SMILES string of the molecule is CC1NC(C(=O)c2cccc(F)c2)(C2CCCCC2)C(=O)O1. The van der Waals surface area contributed by atoms with Crippen molar-refractivity contribution in [2.45, 2.75) is 50.8 Å². The van der Waals surface area contributed by atoms with E-state index in [2.05, 4.69) is 5.32 Å². The average molecular weight is 305 g/mol. The fourth-order valence-electron chi connectivity index (χ4n) is 3.68. The largest absolute Gasteiger partial charge is 0.445 e. The van der Waals surface area contributed by atoms with Gasteiger partial charge in [0.05, 0.1) is 0 Å². The van der Waals surface area contributed by atoms with Gasteiger partial charge in [-0.05, 0) is 37.8 Å². The molecule has 0 radical (unpaired) electrons. The smallest absolute Gasteiger partial charge is 0.336 e. The number of hydrogen-bond donors (Lipinski definition) is 1. The van der Waals surface area contributed by atoms with Gasteiger partial charge in [-0.15, -0.1) is 0 Å². The molecule has 118 valence electrons. The van der Waals surface area contributed by atoms with E-state index in [1.807, 2.05) is 0 Å². The van der Waals surface area contributed by atoms with Gasteiger partial charge in [0.1, 0.15) is 5.82 Å². The van der Waals surface area contributed by atoms with Gasteiger partial charge >= 0.3 is 5.97 Å². The third kappa shape index (κ3) is 2.43. The van der Waals surface area contributed by atoms with Crippen LogP contribution in [0.2, 0.25) is 0 Å². The molecule has 4 nitrogen and oxygen atoms in total. The highest BCUT2D eigenvalue weighted by Crippen LogP contribution is 2.38. The average Bonchev–Trinajstić information content (AvgIpc) is 2.83. The molecule has 1 saturated heterocycles. The molecule has 2 unspecified atom stereocenters. The van der Waals surface area contributed by atoms with Gasteiger partial charge in [0, 0.05) is 5.56 Å². The van der Waals surface area contributed by atoms with Crippen molar-refractivity contribution in [1.29, 1.82) is 0 Å². The summed E-state index contributed by atoms with van der Waals surface area (Å²) in [6.45, 7) is 1.71. The third-order valence-electron chi connectivity index (χ3n) is 4.70. The first-order chi connectivity index (χ1) is 10.5. The Bertz CT molecular complexity index is 597. The standard InChI is InChI=1S/C17H20FNO3/c1-11-19-17(16(21)22-11,13-7-3-2-4-8-13)15(20)12-6-5-9-14(18)10-12/h5-6,9-11,13,19H,2-4,7-8H2,1H3. The Morgan fingerprint density at radius 2 is 2.05 bits per heavy atom. The lowest BCUT2D eigenvalue weighted by Gasteiger charge is -2.35. The summed E-state index contributed by atoms with van der Waals surface area (Å²) >= 11 is 0. The van der Waals surface area contributed by atoms with Crippen molar-refractivity contribution in [2.75, 3.05) is 0 Å². The second-order valence-corrected chi connectivity index (χ2v) is 6.17. The molecule has 1 aliphatic carbocycles. The number of ether oxygens (including phenoxy) is 1. The molecule has 2 fully saturated rings. The third-order valence-corrected chi connectivity index (χ3v) is 4.70. The normalized spacial score (nSPS) is 29.4. The number of ketones is 1. The number of esters is 1. The molecule has 2 atom stereocenters. The van der Waals surface area contributed by atoms with Gasteiger partial charge in [-0.3, -0.25) is 10.1 Å². The van der Waals surface area contributed by atoms with Crippen LogP contribution in [-0.2, 0) is 9.53 Å². The molecule has 0 amide bonds. The molecule has 1 saturated carbocycles. The molecule has 1 heterocycles. The zero-order valence-electron chi connectivity index (χ0n) is 12.6. The van der Waals surface area contributed by atoms with Crippen LogP contribution in [0.4, 0.5) is 4.39 Å². The Labute approximate surface area is 129 Å². The van der Waals surface area contributed by atoms with Gasteiger partial charge < -0.3 is 4.74 Å². The number of hydrogen-bond acceptors (Lipinski definition) is 4. The van der Waals surface area contributed by atoms with Crippen LogP contribution in [0.1, 0.15) is 49.4 Å². The summed E-state index contributed by atoms with van der Waals surface area (Å²) in [5, 5.41) is 3.06. The van der Waals surface area contributed by atoms with Crippen molar-refractivity contribution in [2.24, 2.45) is 5.92 Å². The summed E-state index contributed by atoms with van der Waals surface area (Å²) in [7, 11) is 0. The minimum absolute atomic E-state index is 0.102. The van der Waals surface area contributed by atoms with Crippen molar-refractivity contribution in [1.82, 2.24) is 5.32 Å². The number of carbonyl (C=O) groups excluding carboxylic acids is 2. The lowest BCUT2D eigenvalue weighted by molar-refractivity contribution is -0.145. The first-order valence-electron chi connectivity index (χ1n) is 7.83. The number of nitrogens with one attached hydrogen (secondary N) is 1. The van der Waals surface area contributed by atoms with Gasteiger partial charge in [-0.1, -0.05) is 31.4 Å². The predicted molar refractivity (Wildman–Crippen MR) is 78.7 cm³/mol. The van der Waals surface area contributed by atoms with Gasteiger partial charge in [0.25, 0.3) is 0 Å². The number of halogens is 1. The van der Waals surface area contributed by atoms with Crippen LogP contribution >= 0.6 is 0 Å². The van der Waals surface area contributed by atoms with Crippen molar-refractivity contribution >= 4 is 11.8 Å². The molecule has 1 N–H and O–H groups in total. The highest BCUT2D eigenvalue weighted by Gasteiger charge is 2.58. The topological polar surface area (TPSA) is 55.4 Å². The number of carbonyl (C=O) groups is 2. The Hall–Kier alpha value is -1.75. The van der Waals surface area contributed by atoms with E-state index in [0.29, 0.717) is 0 Å². The van der Waals surface area contributed by atoms with E-state index < -0.39 is 23.6 Å². The Morgan fingerprint density at radius 1 is 1.32 bits per heavy atom. The van der Waals surface area contributed by atoms with Crippen LogP contribution in [0.15, 0.2) is 24.3 Å². The summed E-state index contributed by atoms with van der Waals surface area (Å²) < 4.78 is 18.7. The van der Waals surface area contributed by atoms with E-state index in [1.54, 1.807) is 13.0 Å². The van der Waals surface area contributed by atoms with Crippen molar-refractivity contribution in [3.63, 3.8) is 0 Å². The molecule has 2 aliphatic rings. The quantitative estimate of drug-likeness (QED) is 0.530. The highest BCUT2D eigenvalue weighted by atomic mass is 19.1. The number of Topliss-reactive ketones (excluding diaryl/α,β-unsaturated/α-hetero) is 1. The molecule has 0 aromatic heterocycles. The number of benzene rings is 1. The van der Waals surface area contributed by atoms with E-state index in [9.17, 15) is 14.0 Å². The Morgan fingerprint density at radius 3 is 2.64 bits per heavy atom. The highest BCUT2D eigenvalue weighted by molar-refractivity contribution is 6.17. The zero-order chi connectivity index (χ0) is 15.7. The van der Waals surface area contributed by atoms with E-state index in [1.165, 1.54) is 18.2 Å². The first kappa shape index (κ1) is 15.2. The maximum Gasteiger partial charge on any atom is 0.336 e. The molecule has 0 bridgehead atoms. The number of cyclic esters (lactones) is 1. The van der Waals surface area contributed by atoms with Crippen LogP contribution in [0.3, 0.4) is 0 Å². The van der Waals surface area contributed by atoms with E-state index in [0.717, 1.165) is 32.1 Å². The van der Waals surface area contributed by atoms with Gasteiger partial charge in [0.15, 0.2) is 17.6 Å². The summed E-state index contributed by atoms with van der Waals surface area (Å²) in [4.78, 5) is 25.6. The summed E-state index contributed by atoms with van der Waals surface area (Å²) in [5.74, 6) is -1.49. The Kier molecular flexibility index (Phi) is 4.00. The lowest BCUT2D eigenvalue weighted by Crippen LogP contribution is -2.59. The van der Waals surface area contributed by atoms with Crippen LogP contribution in [-0.4, -0.2) is 23.5 Å². The molecule has 1 aliphatic heterocycles. The predicted octanol–water partition coefficient (Wildman–Crippen LogP) is 2.82. The lowest BCUT2D eigenvalue weighted by atomic mass is 9.71. The zero-order valence-corrected chi connectivity index (χ0v) is 12.6. The fraction of sp³-hybridized carbons (Fsp3) is 0.529. The molecule has 0 spiro atoms. The van der Waals surface area contributed by atoms with E-state index >= 15 is 0 Å². The van der Waals surface area contributed by atoms with Crippen LogP contribution in [0.25, 0.3) is 0 Å². The molecular formula is C17H20FNO3. The maximum atomic E-state index is 13.5. The van der Waals surface area contributed by atoms with E-state index in [-0.39, 0.29) is 17.3 Å². The Balaban J connectivity index is 2.02. The molecule has 1 aromatic rings. The van der Waals surface area contributed by atoms with Crippen molar-refractivity contribution < 1.29 is 18.7 Å². The second kappa shape index (κ2) is 5.80. The summed E-state index contributed by atoms with van der Waals surface area (Å²) in [5.41, 5.74) is -1.16. The minimum atomic E-state index is -1.37. The van der Waals surface area contributed by atoms with Gasteiger partial charge in [-0.2, -0.15) is 0 Å². The van der Waals surface area contributed by atoms with Crippen LogP contribution < -0.4 is 5.32 Å². The summed E-state index contributed by atoms with van der Waals surface area (Å²) in [6.07, 6.45) is 4.20. The first-order valence-corrected chi connectivity index (χ1v) is 7.83. The maximum absolute atomic E-state index is 13.5. The number of rotatable bonds is 3. The minimum Gasteiger partial charge on any atom is -0.445 e.